The summed E-state index contributed by atoms with van der Waals surface area (Å²) in [5.74, 6) is -3.28. The van der Waals surface area contributed by atoms with Crippen molar-refractivity contribution in [2.24, 2.45) is 0 Å². The van der Waals surface area contributed by atoms with E-state index in [0.29, 0.717) is 46.7 Å². The van der Waals surface area contributed by atoms with Gasteiger partial charge in [0.25, 0.3) is 0 Å². The van der Waals surface area contributed by atoms with Crippen molar-refractivity contribution in [2.45, 2.75) is 6.54 Å². The number of anilines is 3. The van der Waals surface area contributed by atoms with Crippen LogP contribution in [0.25, 0.3) is 0 Å². The quantitative estimate of drug-likeness (QED) is 0.240. The first-order chi connectivity index (χ1) is 18.8. The number of nitrogens with one attached hydrogen (secondary N) is 1. The number of carbonyl (C=O) groups is 4. The van der Waals surface area contributed by atoms with Crippen molar-refractivity contribution in [3.63, 3.8) is 0 Å². The summed E-state index contributed by atoms with van der Waals surface area (Å²) in [7, 11) is 2.12. The summed E-state index contributed by atoms with van der Waals surface area (Å²) >= 11 is 12.4. The Morgan fingerprint density at radius 1 is 0.875 bits per heavy atom. The molecule has 1 aromatic carbocycles. The molecule has 7 N–H and O–H groups in total. The maximum Gasteiger partial charge on any atom is 0.328 e. The number of likely N-dealkylation sites (N-methyl/N-ethyl adjacent to an activating group) is 1. The highest BCUT2D eigenvalue weighted by atomic mass is 35.5. The number of nitrogen functional groups attached to an aromatic ring is 1. The number of piperazine rings is 1. The molecule has 1 aromatic heterocycles. The molecule has 1 aliphatic heterocycles. The van der Waals surface area contributed by atoms with Gasteiger partial charge in [-0.15, -0.1) is 0 Å². The number of carboxylic acid groups (broad SMARTS) is 4. The summed E-state index contributed by atoms with van der Waals surface area (Å²) in [6.07, 6.45) is 2.23. The van der Waals surface area contributed by atoms with Crippen molar-refractivity contribution in [3.8, 4) is 0 Å². The average Bonchev–Trinajstić information content (AvgIpc) is 2.87. The number of benzene rings is 1. The lowest BCUT2D eigenvalue weighted by Gasteiger charge is -2.33. The Morgan fingerprint density at radius 2 is 1.32 bits per heavy atom. The Hall–Kier alpha value is -4.40. The molecule has 2 aromatic rings. The van der Waals surface area contributed by atoms with Crippen molar-refractivity contribution in [3.05, 3.63) is 64.2 Å². The lowest BCUT2D eigenvalue weighted by Crippen LogP contribution is -2.44. The molecule has 0 radical (unpaired) electrons. The second kappa shape index (κ2) is 17.2. The molecule has 0 amide bonds. The summed E-state index contributed by atoms with van der Waals surface area (Å²) in [6.45, 7) is 4.31. The third-order valence-corrected chi connectivity index (χ3v) is 5.51. The molecule has 0 aliphatic carbocycles. The fourth-order valence-corrected chi connectivity index (χ4v) is 3.44. The number of hydrogen-bond acceptors (Lipinski definition) is 10. The molecule has 14 nitrogen and oxygen atoms in total. The molecule has 1 saturated heterocycles. The minimum atomic E-state index is -1.26. The van der Waals surface area contributed by atoms with Crippen LogP contribution >= 0.6 is 23.2 Å². The first kappa shape index (κ1) is 33.6. The first-order valence-electron chi connectivity index (χ1n) is 11.3. The lowest BCUT2D eigenvalue weighted by atomic mass is 10.2. The second-order valence-electron chi connectivity index (χ2n) is 7.83. The number of hydrogen-bond donors (Lipinski definition) is 6. The van der Waals surface area contributed by atoms with E-state index in [1.165, 1.54) is 0 Å². The van der Waals surface area contributed by atoms with Gasteiger partial charge in [-0.25, -0.2) is 19.2 Å². The topological polar surface area (TPSA) is 220 Å². The van der Waals surface area contributed by atoms with E-state index in [1.807, 2.05) is 24.3 Å². The number of rotatable bonds is 8. The van der Waals surface area contributed by atoms with Gasteiger partial charge in [0.1, 0.15) is 11.6 Å². The van der Waals surface area contributed by atoms with E-state index in [-0.39, 0.29) is 5.95 Å². The highest BCUT2D eigenvalue weighted by Crippen LogP contribution is 2.26. The zero-order valence-electron chi connectivity index (χ0n) is 21.2. The molecule has 0 bridgehead atoms. The standard InChI is InChI=1S/C16H20Cl2N6.2C4H4O4/c1-23-5-7-24(8-6-23)15-9-14(21-16(19)22-15)20-10-11-12(17)3-2-4-13(11)18;2*5-3(6)1-2-4(7)8/h2-4,9H,5-8,10H2,1H3,(H3,19,20,21,22);2*1-2H,(H,5,6)(H,7,8)/b;2*2-1-. The third kappa shape index (κ3) is 13.9. The summed E-state index contributed by atoms with van der Waals surface area (Å²) in [6, 6.07) is 7.36. The number of nitrogens with zero attached hydrogens (tertiary/aromatic N) is 4. The zero-order chi connectivity index (χ0) is 30.2. The molecule has 3 rings (SSSR count). The van der Waals surface area contributed by atoms with Crippen LogP contribution in [0.4, 0.5) is 17.6 Å². The molecule has 1 fully saturated rings. The van der Waals surface area contributed by atoms with Gasteiger partial charge < -0.3 is 41.3 Å². The highest BCUT2D eigenvalue weighted by Gasteiger charge is 2.17. The van der Waals surface area contributed by atoms with Gasteiger partial charge in [0.2, 0.25) is 5.95 Å². The first-order valence-corrected chi connectivity index (χ1v) is 12.1. The second-order valence-corrected chi connectivity index (χ2v) is 8.65. The summed E-state index contributed by atoms with van der Waals surface area (Å²) in [5, 5.41) is 35.7. The molecule has 40 heavy (non-hydrogen) atoms. The van der Waals surface area contributed by atoms with Crippen molar-refractivity contribution in [1.82, 2.24) is 14.9 Å². The van der Waals surface area contributed by atoms with Crippen LogP contribution in [0.3, 0.4) is 0 Å². The molecule has 0 atom stereocenters. The summed E-state index contributed by atoms with van der Waals surface area (Å²) in [4.78, 5) is 51.3. The van der Waals surface area contributed by atoms with Gasteiger partial charge in [0, 0.05) is 78.7 Å². The van der Waals surface area contributed by atoms with Gasteiger partial charge >= 0.3 is 23.9 Å². The Balaban J connectivity index is 0.000000412. The maximum atomic E-state index is 9.55. The predicted molar refractivity (Wildman–Crippen MR) is 149 cm³/mol. The van der Waals surface area contributed by atoms with Gasteiger partial charge in [-0.1, -0.05) is 29.3 Å². The molecule has 2 heterocycles. The molecular weight excluding hydrogens is 571 g/mol. The van der Waals surface area contributed by atoms with E-state index in [9.17, 15) is 19.2 Å². The van der Waals surface area contributed by atoms with Crippen LogP contribution in [-0.2, 0) is 25.7 Å². The van der Waals surface area contributed by atoms with E-state index in [1.54, 1.807) is 0 Å². The lowest BCUT2D eigenvalue weighted by molar-refractivity contribution is -0.134. The van der Waals surface area contributed by atoms with Crippen molar-refractivity contribution in [1.29, 1.82) is 0 Å². The monoisotopic (exact) mass is 598 g/mol. The number of aliphatic carboxylic acids is 4. The predicted octanol–water partition coefficient (Wildman–Crippen LogP) is 2.15. The third-order valence-electron chi connectivity index (χ3n) is 4.80. The van der Waals surface area contributed by atoms with Crippen molar-refractivity contribution in [2.75, 3.05) is 49.2 Å². The highest BCUT2D eigenvalue weighted by molar-refractivity contribution is 6.36. The molecular formula is C24H28Cl2N6O8. The van der Waals surface area contributed by atoms with E-state index in [2.05, 4.69) is 32.1 Å². The Labute approximate surface area is 239 Å². The van der Waals surface area contributed by atoms with Crippen LogP contribution < -0.4 is 16.0 Å². The molecule has 16 heteroatoms. The minimum Gasteiger partial charge on any atom is -0.478 e. The van der Waals surface area contributed by atoms with E-state index < -0.39 is 23.9 Å². The Morgan fingerprint density at radius 3 is 1.75 bits per heavy atom. The van der Waals surface area contributed by atoms with Gasteiger partial charge in [-0.05, 0) is 19.2 Å². The van der Waals surface area contributed by atoms with Crippen LogP contribution in [-0.4, -0.2) is 92.4 Å². The fourth-order valence-electron chi connectivity index (χ4n) is 2.91. The molecule has 0 unspecified atom stereocenters. The van der Waals surface area contributed by atoms with Gasteiger partial charge in [-0.3, -0.25) is 0 Å². The fraction of sp³-hybridized carbons (Fsp3) is 0.250. The molecule has 0 spiro atoms. The van der Waals surface area contributed by atoms with Crippen LogP contribution in [0, 0.1) is 0 Å². The van der Waals surface area contributed by atoms with Crippen LogP contribution in [0.1, 0.15) is 5.56 Å². The van der Waals surface area contributed by atoms with Crippen molar-refractivity contribution >= 4 is 64.7 Å². The van der Waals surface area contributed by atoms with Gasteiger partial charge in [-0.2, -0.15) is 9.97 Å². The average molecular weight is 599 g/mol. The number of halogens is 2. The van der Waals surface area contributed by atoms with Crippen LogP contribution in [0.5, 0.6) is 0 Å². The van der Waals surface area contributed by atoms with Crippen LogP contribution in [0.2, 0.25) is 10.0 Å². The van der Waals surface area contributed by atoms with E-state index in [4.69, 9.17) is 49.4 Å². The maximum absolute atomic E-state index is 9.55. The largest absolute Gasteiger partial charge is 0.478 e. The van der Waals surface area contributed by atoms with Gasteiger partial charge in [0.05, 0.1) is 0 Å². The molecule has 1 aliphatic rings. The molecule has 216 valence electrons. The Bertz CT molecular complexity index is 1160. The summed E-state index contributed by atoms with van der Waals surface area (Å²) < 4.78 is 0. The minimum absolute atomic E-state index is 0.249. The van der Waals surface area contributed by atoms with Gasteiger partial charge in [0.15, 0.2) is 0 Å². The SMILES string of the molecule is CN1CCN(c2cc(NCc3c(Cl)cccc3Cl)nc(N)n2)CC1.O=C(O)/C=C\C(=O)O.O=C(O)/C=C\C(=O)O. The Kier molecular flexibility index (Phi) is 14.5. The summed E-state index contributed by atoms with van der Waals surface area (Å²) in [5.41, 5.74) is 6.70. The zero-order valence-corrected chi connectivity index (χ0v) is 22.7. The normalized spacial score (nSPS) is 13.1. The van der Waals surface area contributed by atoms with E-state index >= 15 is 0 Å². The molecule has 0 saturated carbocycles. The van der Waals surface area contributed by atoms with E-state index in [0.717, 1.165) is 37.6 Å². The number of aromatic nitrogens is 2. The number of carboxylic acids is 4. The smallest absolute Gasteiger partial charge is 0.328 e. The number of nitrogens with two attached hydrogens (primary N) is 1. The van der Waals surface area contributed by atoms with Crippen LogP contribution in [0.15, 0.2) is 48.6 Å². The van der Waals surface area contributed by atoms with Crippen molar-refractivity contribution < 1.29 is 39.6 Å².